The molecule has 0 unspecified atom stereocenters. The second kappa shape index (κ2) is 5.41. The van der Waals surface area contributed by atoms with Gasteiger partial charge in [-0.15, -0.1) is 0 Å². The molecule has 1 N–H and O–H groups in total. The SMILES string of the molecule is C=Cn1cc(CNCc2ccc(F)cc2)cn1. The highest BCUT2D eigenvalue weighted by Crippen LogP contribution is 2.03. The van der Waals surface area contributed by atoms with Gasteiger partial charge in [0.25, 0.3) is 0 Å². The Morgan fingerprint density at radius 3 is 2.59 bits per heavy atom. The molecular formula is C13H14FN3. The molecule has 0 amide bonds. The summed E-state index contributed by atoms with van der Waals surface area (Å²) in [5.74, 6) is -0.207. The van der Waals surface area contributed by atoms with Crippen LogP contribution in [0.2, 0.25) is 0 Å². The summed E-state index contributed by atoms with van der Waals surface area (Å²) < 4.78 is 14.3. The zero-order valence-electron chi connectivity index (χ0n) is 9.44. The van der Waals surface area contributed by atoms with Crippen molar-refractivity contribution >= 4 is 6.20 Å². The van der Waals surface area contributed by atoms with Crippen LogP contribution in [0.4, 0.5) is 4.39 Å². The number of halogens is 1. The summed E-state index contributed by atoms with van der Waals surface area (Å²) in [5, 5.41) is 7.35. The Hall–Kier alpha value is -1.94. The van der Waals surface area contributed by atoms with E-state index >= 15 is 0 Å². The van der Waals surface area contributed by atoms with Crippen LogP contribution in [0.15, 0.2) is 43.2 Å². The first-order chi connectivity index (χ1) is 8.28. The van der Waals surface area contributed by atoms with Gasteiger partial charge in [0, 0.05) is 31.0 Å². The Labute approximate surface area is 99.6 Å². The largest absolute Gasteiger partial charge is 0.309 e. The van der Waals surface area contributed by atoms with E-state index in [2.05, 4.69) is 17.0 Å². The van der Waals surface area contributed by atoms with Gasteiger partial charge in [-0.1, -0.05) is 18.7 Å². The number of benzene rings is 1. The van der Waals surface area contributed by atoms with Crippen LogP contribution in [0, 0.1) is 5.82 Å². The Morgan fingerprint density at radius 2 is 1.94 bits per heavy atom. The molecule has 88 valence electrons. The molecule has 2 aromatic rings. The maximum Gasteiger partial charge on any atom is 0.123 e. The number of hydrogen-bond acceptors (Lipinski definition) is 2. The van der Waals surface area contributed by atoms with Crippen molar-refractivity contribution in [3.05, 3.63) is 60.2 Å². The van der Waals surface area contributed by atoms with E-state index in [1.54, 1.807) is 29.2 Å². The molecule has 1 heterocycles. The highest BCUT2D eigenvalue weighted by atomic mass is 19.1. The summed E-state index contributed by atoms with van der Waals surface area (Å²) in [7, 11) is 0. The quantitative estimate of drug-likeness (QED) is 0.856. The van der Waals surface area contributed by atoms with Gasteiger partial charge in [0.15, 0.2) is 0 Å². The molecule has 0 spiro atoms. The van der Waals surface area contributed by atoms with Crippen LogP contribution in [0.25, 0.3) is 6.20 Å². The van der Waals surface area contributed by atoms with Crippen LogP contribution in [0.5, 0.6) is 0 Å². The van der Waals surface area contributed by atoms with Crippen molar-refractivity contribution in [3.8, 4) is 0 Å². The Morgan fingerprint density at radius 1 is 1.24 bits per heavy atom. The van der Waals surface area contributed by atoms with E-state index in [0.717, 1.165) is 17.7 Å². The van der Waals surface area contributed by atoms with Crippen LogP contribution >= 0.6 is 0 Å². The van der Waals surface area contributed by atoms with E-state index in [0.29, 0.717) is 6.54 Å². The smallest absolute Gasteiger partial charge is 0.123 e. The lowest BCUT2D eigenvalue weighted by atomic mass is 10.2. The monoisotopic (exact) mass is 231 g/mol. The molecule has 0 radical (unpaired) electrons. The van der Waals surface area contributed by atoms with Crippen molar-refractivity contribution in [2.75, 3.05) is 0 Å². The first-order valence-corrected chi connectivity index (χ1v) is 5.38. The van der Waals surface area contributed by atoms with Crippen LogP contribution in [0.3, 0.4) is 0 Å². The highest BCUT2D eigenvalue weighted by Gasteiger charge is 1.97. The normalized spacial score (nSPS) is 10.4. The molecule has 1 aromatic carbocycles. The fourth-order valence-corrected chi connectivity index (χ4v) is 1.52. The van der Waals surface area contributed by atoms with Crippen LogP contribution in [-0.4, -0.2) is 9.78 Å². The van der Waals surface area contributed by atoms with Crippen molar-refractivity contribution in [2.24, 2.45) is 0 Å². The molecule has 17 heavy (non-hydrogen) atoms. The molecule has 3 nitrogen and oxygen atoms in total. The zero-order valence-corrected chi connectivity index (χ0v) is 9.44. The molecule has 0 saturated heterocycles. The van der Waals surface area contributed by atoms with E-state index < -0.39 is 0 Å². The van der Waals surface area contributed by atoms with E-state index in [-0.39, 0.29) is 5.82 Å². The Kier molecular flexibility index (Phi) is 3.67. The summed E-state index contributed by atoms with van der Waals surface area (Å²) in [5.41, 5.74) is 2.15. The first kappa shape index (κ1) is 11.5. The lowest BCUT2D eigenvalue weighted by Crippen LogP contribution is -2.12. The molecular weight excluding hydrogens is 217 g/mol. The average molecular weight is 231 g/mol. The third-order valence-corrected chi connectivity index (χ3v) is 2.41. The van der Waals surface area contributed by atoms with Crippen molar-refractivity contribution in [1.29, 1.82) is 0 Å². The average Bonchev–Trinajstić information content (AvgIpc) is 2.80. The van der Waals surface area contributed by atoms with Gasteiger partial charge in [-0.05, 0) is 17.7 Å². The van der Waals surface area contributed by atoms with Gasteiger partial charge < -0.3 is 5.32 Å². The number of rotatable bonds is 5. The maximum absolute atomic E-state index is 12.7. The van der Waals surface area contributed by atoms with Gasteiger partial charge in [0.2, 0.25) is 0 Å². The third kappa shape index (κ3) is 3.26. The number of nitrogens with one attached hydrogen (secondary N) is 1. The minimum absolute atomic E-state index is 0.207. The predicted octanol–water partition coefficient (Wildman–Crippen LogP) is 2.41. The standard InChI is InChI=1S/C13H14FN3/c1-2-17-10-12(9-16-17)8-15-7-11-3-5-13(14)6-4-11/h2-6,9-10,15H,1,7-8H2. The fraction of sp³-hybridized carbons (Fsp3) is 0.154. The zero-order chi connectivity index (χ0) is 12.1. The van der Waals surface area contributed by atoms with Crippen molar-refractivity contribution in [2.45, 2.75) is 13.1 Å². The van der Waals surface area contributed by atoms with Gasteiger partial charge in [0.1, 0.15) is 5.82 Å². The highest BCUT2D eigenvalue weighted by molar-refractivity contribution is 5.18. The number of nitrogens with zero attached hydrogens (tertiary/aromatic N) is 2. The minimum Gasteiger partial charge on any atom is -0.309 e. The topological polar surface area (TPSA) is 29.9 Å². The van der Waals surface area contributed by atoms with E-state index in [1.165, 1.54) is 12.1 Å². The summed E-state index contributed by atoms with van der Waals surface area (Å²) in [6.07, 6.45) is 5.34. The first-order valence-electron chi connectivity index (χ1n) is 5.38. The van der Waals surface area contributed by atoms with Crippen LogP contribution < -0.4 is 5.32 Å². The molecule has 0 fully saturated rings. The fourth-order valence-electron chi connectivity index (χ4n) is 1.52. The molecule has 4 heteroatoms. The lowest BCUT2D eigenvalue weighted by Gasteiger charge is -2.02. The third-order valence-electron chi connectivity index (χ3n) is 2.41. The lowest BCUT2D eigenvalue weighted by molar-refractivity contribution is 0.625. The summed E-state index contributed by atoms with van der Waals surface area (Å²) in [4.78, 5) is 0. The van der Waals surface area contributed by atoms with Gasteiger partial charge in [-0.3, -0.25) is 0 Å². The predicted molar refractivity (Wildman–Crippen MR) is 65.6 cm³/mol. The molecule has 2 rings (SSSR count). The van der Waals surface area contributed by atoms with Crippen molar-refractivity contribution in [3.63, 3.8) is 0 Å². The van der Waals surface area contributed by atoms with E-state index in [4.69, 9.17) is 0 Å². The van der Waals surface area contributed by atoms with Crippen molar-refractivity contribution < 1.29 is 4.39 Å². The van der Waals surface area contributed by atoms with Crippen molar-refractivity contribution in [1.82, 2.24) is 15.1 Å². The Balaban J connectivity index is 1.83. The number of hydrogen-bond donors (Lipinski definition) is 1. The van der Waals surface area contributed by atoms with E-state index in [9.17, 15) is 4.39 Å². The second-order valence-electron chi connectivity index (χ2n) is 3.74. The summed E-state index contributed by atoms with van der Waals surface area (Å²) >= 11 is 0. The minimum atomic E-state index is -0.207. The van der Waals surface area contributed by atoms with Crippen LogP contribution in [0.1, 0.15) is 11.1 Å². The molecule has 0 aliphatic carbocycles. The maximum atomic E-state index is 12.7. The van der Waals surface area contributed by atoms with E-state index in [1.807, 2.05) is 6.20 Å². The van der Waals surface area contributed by atoms with Gasteiger partial charge in [-0.25, -0.2) is 9.07 Å². The summed E-state index contributed by atoms with van der Waals surface area (Å²) in [6.45, 7) is 5.06. The van der Waals surface area contributed by atoms with Gasteiger partial charge in [-0.2, -0.15) is 5.10 Å². The van der Waals surface area contributed by atoms with Crippen LogP contribution in [-0.2, 0) is 13.1 Å². The summed E-state index contributed by atoms with van der Waals surface area (Å²) in [6, 6.07) is 6.48. The molecule has 0 saturated carbocycles. The molecule has 0 aliphatic rings. The molecule has 0 aliphatic heterocycles. The molecule has 0 atom stereocenters. The second-order valence-corrected chi connectivity index (χ2v) is 3.74. The Bertz CT molecular complexity index is 488. The molecule has 1 aromatic heterocycles. The van der Waals surface area contributed by atoms with Gasteiger partial charge in [0.05, 0.1) is 6.20 Å². The number of aromatic nitrogens is 2. The molecule has 0 bridgehead atoms. The van der Waals surface area contributed by atoms with Gasteiger partial charge >= 0.3 is 0 Å².